The fourth-order valence-corrected chi connectivity index (χ4v) is 6.71. The van der Waals surface area contributed by atoms with Crippen molar-refractivity contribution in [3.63, 3.8) is 0 Å². The van der Waals surface area contributed by atoms with Crippen molar-refractivity contribution in [2.75, 3.05) is 7.11 Å². The molecule has 1 heteroatoms. The maximum absolute atomic E-state index is 5.59. The first-order chi connectivity index (χ1) is 12.8. The average Bonchev–Trinajstić information content (AvgIpc) is 2.70. The second kappa shape index (κ2) is 6.44. The van der Waals surface area contributed by atoms with Gasteiger partial charge in [-0.15, -0.1) is 0 Å². The first-order valence-corrected chi connectivity index (χ1v) is 10.5. The Bertz CT molecular complexity index is 780. The zero-order valence-corrected chi connectivity index (χ0v) is 15.9. The maximum atomic E-state index is 5.59. The van der Waals surface area contributed by atoms with E-state index >= 15 is 0 Å². The molecule has 26 heavy (non-hydrogen) atoms. The summed E-state index contributed by atoms with van der Waals surface area (Å²) < 4.78 is 5.59. The molecule has 0 heterocycles. The summed E-state index contributed by atoms with van der Waals surface area (Å²) in [5.74, 6) is 3.65. The summed E-state index contributed by atoms with van der Waals surface area (Å²) in [4.78, 5) is 0. The summed E-state index contributed by atoms with van der Waals surface area (Å²) in [5, 5.41) is 0. The highest BCUT2D eigenvalue weighted by Gasteiger charge is 2.54. The van der Waals surface area contributed by atoms with Crippen molar-refractivity contribution in [3.8, 4) is 5.75 Å². The topological polar surface area (TPSA) is 9.23 Å². The zero-order chi connectivity index (χ0) is 17.6. The molecule has 2 fully saturated rings. The number of methoxy groups -OCH3 is 1. The summed E-state index contributed by atoms with van der Waals surface area (Å²) in [6, 6.07) is 18.1. The molecule has 0 saturated heterocycles. The van der Waals surface area contributed by atoms with Gasteiger partial charge in [-0.1, -0.05) is 49.2 Å². The van der Waals surface area contributed by atoms with Crippen LogP contribution in [0.2, 0.25) is 0 Å². The number of fused-ring (bicyclic) bond motifs is 1. The lowest BCUT2D eigenvalue weighted by Gasteiger charge is -2.58. The Kier molecular flexibility index (Phi) is 4.07. The van der Waals surface area contributed by atoms with Crippen LogP contribution in [0.25, 0.3) is 0 Å². The number of hydrogen-bond donors (Lipinski definition) is 0. The minimum absolute atomic E-state index is 0.443. The largest absolute Gasteiger partial charge is 0.497 e. The van der Waals surface area contributed by atoms with Crippen molar-refractivity contribution in [2.24, 2.45) is 17.8 Å². The molecule has 5 rings (SSSR count). The van der Waals surface area contributed by atoms with E-state index in [-0.39, 0.29) is 0 Å². The second-order valence-electron chi connectivity index (χ2n) is 8.89. The van der Waals surface area contributed by atoms with Crippen LogP contribution in [-0.2, 0) is 18.3 Å². The third kappa shape index (κ3) is 2.51. The van der Waals surface area contributed by atoms with E-state index in [4.69, 9.17) is 4.74 Å². The van der Waals surface area contributed by atoms with Gasteiger partial charge < -0.3 is 4.74 Å². The van der Waals surface area contributed by atoms with Crippen LogP contribution < -0.4 is 4.74 Å². The third-order valence-corrected chi connectivity index (χ3v) is 7.83. The predicted molar refractivity (Wildman–Crippen MR) is 107 cm³/mol. The quantitative estimate of drug-likeness (QED) is 0.667. The fourth-order valence-electron chi connectivity index (χ4n) is 6.71. The third-order valence-electron chi connectivity index (χ3n) is 7.83. The van der Waals surface area contributed by atoms with E-state index in [1.165, 1.54) is 56.9 Å². The molecular weight excluding hydrogens is 316 g/mol. The number of hydrogen-bond acceptors (Lipinski definition) is 1. The van der Waals surface area contributed by atoms with Gasteiger partial charge in [-0.2, -0.15) is 0 Å². The Morgan fingerprint density at radius 2 is 1.88 bits per heavy atom. The molecule has 3 aliphatic carbocycles. The zero-order valence-electron chi connectivity index (χ0n) is 15.9. The van der Waals surface area contributed by atoms with Crippen molar-refractivity contribution in [2.45, 2.75) is 56.8 Å². The number of ether oxygens (including phenoxy) is 1. The van der Waals surface area contributed by atoms with Gasteiger partial charge in [0.1, 0.15) is 5.75 Å². The molecule has 2 saturated carbocycles. The molecule has 136 valence electrons. The van der Waals surface area contributed by atoms with Crippen molar-refractivity contribution in [3.05, 3.63) is 65.2 Å². The van der Waals surface area contributed by atoms with Gasteiger partial charge in [-0.25, -0.2) is 0 Å². The maximum Gasteiger partial charge on any atom is 0.119 e. The highest BCUT2D eigenvalue weighted by molar-refractivity contribution is 5.45. The van der Waals surface area contributed by atoms with E-state index in [1.54, 1.807) is 18.2 Å². The van der Waals surface area contributed by atoms with Gasteiger partial charge in [0.05, 0.1) is 7.11 Å². The molecule has 3 aliphatic rings. The van der Waals surface area contributed by atoms with Gasteiger partial charge in [0.2, 0.25) is 0 Å². The van der Waals surface area contributed by atoms with Crippen LogP contribution in [0.5, 0.6) is 5.75 Å². The van der Waals surface area contributed by atoms with Crippen molar-refractivity contribution < 1.29 is 4.74 Å². The summed E-state index contributed by atoms with van der Waals surface area (Å²) in [6.07, 6.45) is 11.0. The molecule has 0 radical (unpaired) electrons. The molecule has 0 aliphatic heterocycles. The summed E-state index contributed by atoms with van der Waals surface area (Å²) in [6.45, 7) is 0. The van der Waals surface area contributed by atoms with Gasteiger partial charge in [-0.3, -0.25) is 0 Å². The summed E-state index contributed by atoms with van der Waals surface area (Å²) in [7, 11) is 1.81. The Hall–Kier alpha value is -1.76. The Labute approximate surface area is 157 Å². The second-order valence-corrected chi connectivity index (χ2v) is 8.89. The normalized spacial score (nSPS) is 32.4. The molecule has 0 spiro atoms. The van der Waals surface area contributed by atoms with Gasteiger partial charge in [0, 0.05) is 0 Å². The van der Waals surface area contributed by atoms with E-state index in [9.17, 15) is 0 Å². The minimum atomic E-state index is 0.443. The van der Waals surface area contributed by atoms with E-state index < -0.39 is 0 Å². The standard InChI is InChI=1S/C25H30O/c1-26-21-11-10-20-16-22-19(15-18-7-3-2-4-8-18)12-14-25(24(20)17-21)13-6-5-9-23(22)25/h2-4,7-8,10-11,17,19,22-23H,5-6,9,12-16H2,1H3/t19?,22-,23-,25+/m1/s1. The smallest absolute Gasteiger partial charge is 0.119 e. The fraction of sp³-hybridized carbons (Fsp3) is 0.520. The highest BCUT2D eigenvalue weighted by atomic mass is 16.5. The van der Waals surface area contributed by atoms with Crippen molar-refractivity contribution in [1.29, 1.82) is 0 Å². The molecule has 0 N–H and O–H groups in total. The number of rotatable bonds is 3. The molecule has 2 aromatic carbocycles. The van der Waals surface area contributed by atoms with Gasteiger partial charge in [0.15, 0.2) is 0 Å². The van der Waals surface area contributed by atoms with Gasteiger partial charge in [0.25, 0.3) is 0 Å². The van der Waals surface area contributed by atoms with Crippen LogP contribution in [0.3, 0.4) is 0 Å². The van der Waals surface area contributed by atoms with E-state index in [2.05, 4.69) is 48.5 Å². The molecule has 1 nitrogen and oxygen atoms in total. The van der Waals surface area contributed by atoms with Crippen LogP contribution in [-0.4, -0.2) is 7.11 Å². The van der Waals surface area contributed by atoms with Crippen LogP contribution in [0.15, 0.2) is 48.5 Å². The van der Waals surface area contributed by atoms with E-state index in [1.807, 2.05) is 0 Å². The Balaban J connectivity index is 1.53. The highest BCUT2D eigenvalue weighted by Crippen LogP contribution is 2.60. The molecular formula is C25H30O. The van der Waals surface area contributed by atoms with Crippen LogP contribution in [0.1, 0.15) is 55.2 Å². The van der Waals surface area contributed by atoms with Crippen LogP contribution in [0, 0.1) is 17.8 Å². The lowest BCUT2D eigenvalue weighted by Crippen LogP contribution is -2.52. The number of benzene rings is 2. The summed E-state index contributed by atoms with van der Waals surface area (Å²) in [5.41, 5.74) is 5.24. The first-order valence-electron chi connectivity index (χ1n) is 10.5. The van der Waals surface area contributed by atoms with E-state index in [0.29, 0.717) is 5.41 Å². The predicted octanol–water partition coefficient (Wildman–Crippen LogP) is 5.95. The Morgan fingerprint density at radius 3 is 2.73 bits per heavy atom. The monoisotopic (exact) mass is 346 g/mol. The van der Waals surface area contributed by atoms with Crippen molar-refractivity contribution >= 4 is 0 Å². The molecule has 4 atom stereocenters. The Morgan fingerprint density at radius 1 is 1.00 bits per heavy atom. The molecule has 0 amide bonds. The van der Waals surface area contributed by atoms with Crippen LogP contribution in [0.4, 0.5) is 0 Å². The molecule has 2 bridgehead atoms. The van der Waals surface area contributed by atoms with Gasteiger partial charge >= 0.3 is 0 Å². The van der Waals surface area contributed by atoms with Crippen LogP contribution >= 0.6 is 0 Å². The van der Waals surface area contributed by atoms with E-state index in [0.717, 1.165) is 23.5 Å². The molecule has 2 aromatic rings. The summed E-state index contributed by atoms with van der Waals surface area (Å²) >= 11 is 0. The first kappa shape index (κ1) is 16.4. The van der Waals surface area contributed by atoms with Gasteiger partial charge in [-0.05, 0) is 90.5 Å². The average molecular weight is 347 g/mol. The van der Waals surface area contributed by atoms with Crippen molar-refractivity contribution in [1.82, 2.24) is 0 Å². The molecule has 1 unspecified atom stereocenters. The lowest BCUT2D eigenvalue weighted by molar-refractivity contribution is 0.0112. The lowest BCUT2D eigenvalue weighted by atomic mass is 9.46. The molecule has 0 aromatic heterocycles. The minimum Gasteiger partial charge on any atom is -0.497 e. The SMILES string of the molecule is COc1ccc2c(c1)[C@]13CCCC[C@@H]1[C@H](C2)C(Cc1ccccc1)CC3.